The number of amides is 1. The summed E-state index contributed by atoms with van der Waals surface area (Å²) in [4.78, 5) is 16.3. The van der Waals surface area contributed by atoms with Crippen LogP contribution in [0, 0.1) is 6.92 Å². The van der Waals surface area contributed by atoms with Crippen LogP contribution in [0.5, 0.6) is 0 Å². The van der Waals surface area contributed by atoms with Crippen molar-refractivity contribution in [3.05, 3.63) is 59.4 Å². The topological polar surface area (TPSA) is 102 Å². The molecule has 1 amide bonds. The van der Waals surface area contributed by atoms with Crippen molar-refractivity contribution >= 4 is 15.9 Å². The molecule has 1 aromatic carbocycles. The van der Waals surface area contributed by atoms with Crippen LogP contribution in [-0.4, -0.2) is 19.3 Å². The van der Waals surface area contributed by atoms with Gasteiger partial charge in [0.15, 0.2) is 0 Å². The summed E-state index contributed by atoms with van der Waals surface area (Å²) in [6, 6.07) is 9.62. The number of rotatable bonds is 5. The van der Waals surface area contributed by atoms with Gasteiger partial charge in [0.1, 0.15) is 0 Å². The zero-order valence-electron chi connectivity index (χ0n) is 13.0. The first kappa shape index (κ1) is 17.1. The molecular weight excluding hydrogens is 314 g/mol. The Morgan fingerprint density at radius 1 is 1.22 bits per heavy atom. The highest BCUT2D eigenvalue weighted by Gasteiger charge is 2.12. The van der Waals surface area contributed by atoms with Gasteiger partial charge in [-0.05, 0) is 43.2 Å². The number of hydrogen-bond acceptors (Lipinski definition) is 4. The lowest BCUT2D eigenvalue weighted by Crippen LogP contribution is -2.28. The monoisotopic (exact) mass is 333 g/mol. The maximum absolute atomic E-state index is 12.1. The van der Waals surface area contributed by atoms with Crippen molar-refractivity contribution in [1.29, 1.82) is 0 Å². The average molecular weight is 333 g/mol. The van der Waals surface area contributed by atoms with Crippen LogP contribution in [-0.2, 0) is 21.2 Å². The highest BCUT2D eigenvalue weighted by molar-refractivity contribution is 7.89. The number of nitrogens with one attached hydrogen (secondary N) is 1. The fraction of sp³-hybridized carbons (Fsp3) is 0.250. The Kier molecular flexibility index (Phi) is 5.12. The molecule has 0 bridgehead atoms. The lowest BCUT2D eigenvalue weighted by molar-refractivity contribution is -0.121. The lowest BCUT2D eigenvalue weighted by atomic mass is 10.1. The molecule has 0 saturated carbocycles. The van der Waals surface area contributed by atoms with Crippen LogP contribution in [0.25, 0.3) is 0 Å². The Labute approximate surface area is 135 Å². The third-order valence-electron chi connectivity index (χ3n) is 3.42. The molecule has 0 aliphatic carbocycles. The van der Waals surface area contributed by atoms with Gasteiger partial charge in [-0.1, -0.05) is 18.2 Å². The van der Waals surface area contributed by atoms with Gasteiger partial charge >= 0.3 is 0 Å². The predicted octanol–water partition coefficient (Wildman–Crippen LogP) is 1.46. The van der Waals surface area contributed by atoms with E-state index < -0.39 is 10.0 Å². The van der Waals surface area contributed by atoms with E-state index in [0.717, 1.165) is 16.8 Å². The van der Waals surface area contributed by atoms with Crippen LogP contribution in [0.4, 0.5) is 0 Å². The molecule has 1 aromatic heterocycles. The van der Waals surface area contributed by atoms with Gasteiger partial charge in [0.2, 0.25) is 15.9 Å². The first-order valence-corrected chi connectivity index (χ1v) is 8.64. The highest BCUT2D eigenvalue weighted by Crippen LogP contribution is 2.15. The summed E-state index contributed by atoms with van der Waals surface area (Å²) in [5.74, 6) is -0.126. The lowest BCUT2D eigenvalue weighted by Gasteiger charge is -2.14. The molecule has 0 saturated heterocycles. The van der Waals surface area contributed by atoms with E-state index in [1.807, 2.05) is 26.0 Å². The number of carbonyl (C=O) groups is 1. The van der Waals surface area contributed by atoms with Gasteiger partial charge < -0.3 is 5.32 Å². The molecule has 6 nitrogen and oxygen atoms in total. The summed E-state index contributed by atoms with van der Waals surface area (Å²) in [6.45, 7) is 3.72. The van der Waals surface area contributed by atoms with Gasteiger partial charge in [-0.3, -0.25) is 9.78 Å². The molecule has 23 heavy (non-hydrogen) atoms. The van der Waals surface area contributed by atoms with Gasteiger partial charge in [-0.25, -0.2) is 13.6 Å². The highest BCUT2D eigenvalue weighted by atomic mass is 32.2. The molecule has 3 N–H and O–H groups in total. The van der Waals surface area contributed by atoms with Crippen molar-refractivity contribution in [2.24, 2.45) is 5.14 Å². The van der Waals surface area contributed by atoms with Crippen molar-refractivity contribution in [2.75, 3.05) is 0 Å². The minimum atomic E-state index is -3.71. The Hall–Kier alpha value is -2.25. The molecule has 0 radical (unpaired) electrons. The number of sulfonamides is 1. The van der Waals surface area contributed by atoms with E-state index in [1.54, 1.807) is 18.3 Å². The average Bonchev–Trinajstić information content (AvgIpc) is 2.49. The second kappa shape index (κ2) is 6.89. The number of nitrogens with two attached hydrogens (primary N) is 1. The number of nitrogens with zero attached hydrogens (tertiary/aromatic N) is 1. The van der Waals surface area contributed by atoms with Crippen LogP contribution < -0.4 is 10.5 Å². The molecular formula is C16H19N3O3S. The molecule has 0 spiro atoms. The number of aromatic nitrogens is 1. The Morgan fingerprint density at radius 3 is 2.39 bits per heavy atom. The molecule has 2 aromatic rings. The maximum Gasteiger partial charge on any atom is 0.238 e. The summed E-state index contributed by atoms with van der Waals surface area (Å²) in [6.07, 6.45) is 1.92. The van der Waals surface area contributed by atoms with E-state index in [9.17, 15) is 13.2 Å². The minimum Gasteiger partial charge on any atom is -0.349 e. The maximum atomic E-state index is 12.1. The zero-order valence-corrected chi connectivity index (χ0v) is 13.8. The number of pyridine rings is 1. The first-order valence-electron chi connectivity index (χ1n) is 7.09. The first-order chi connectivity index (χ1) is 10.8. The largest absolute Gasteiger partial charge is 0.349 e. The van der Waals surface area contributed by atoms with Crippen molar-refractivity contribution < 1.29 is 13.2 Å². The van der Waals surface area contributed by atoms with E-state index in [1.165, 1.54) is 12.1 Å². The van der Waals surface area contributed by atoms with Crippen LogP contribution in [0.2, 0.25) is 0 Å². The van der Waals surface area contributed by atoms with E-state index >= 15 is 0 Å². The fourth-order valence-corrected chi connectivity index (χ4v) is 2.63. The van der Waals surface area contributed by atoms with E-state index in [2.05, 4.69) is 10.3 Å². The third kappa shape index (κ3) is 4.87. The Morgan fingerprint density at radius 2 is 1.87 bits per heavy atom. The van der Waals surface area contributed by atoms with Gasteiger partial charge in [-0.15, -0.1) is 0 Å². The van der Waals surface area contributed by atoms with Crippen LogP contribution in [0.1, 0.15) is 29.8 Å². The molecule has 2 rings (SSSR count). The molecule has 122 valence electrons. The number of carbonyl (C=O) groups excluding carboxylic acids is 1. The summed E-state index contributed by atoms with van der Waals surface area (Å²) >= 11 is 0. The van der Waals surface area contributed by atoms with E-state index in [0.29, 0.717) is 0 Å². The normalized spacial score (nSPS) is 12.7. The standard InChI is InChI=1S/C16H19N3O3S/c1-11-3-4-13(10-18-11)9-16(20)19-12(2)14-5-7-15(8-6-14)23(17,21)22/h3-8,10,12H,9H2,1-2H3,(H,19,20)(H2,17,21,22). The molecule has 0 fully saturated rings. The molecule has 1 atom stereocenters. The molecule has 1 unspecified atom stereocenters. The van der Waals surface area contributed by atoms with Gasteiger partial charge in [0.25, 0.3) is 0 Å². The zero-order chi connectivity index (χ0) is 17.0. The molecule has 1 heterocycles. The van der Waals surface area contributed by atoms with E-state index in [4.69, 9.17) is 5.14 Å². The molecule has 0 aliphatic heterocycles. The van der Waals surface area contributed by atoms with Crippen molar-refractivity contribution in [3.8, 4) is 0 Å². The van der Waals surface area contributed by atoms with Crippen LogP contribution in [0.3, 0.4) is 0 Å². The minimum absolute atomic E-state index is 0.0468. The summed E-state index contributed by atoms with van der Waals surface area (Å²) in [7, 11) is -3.71. The van der Waals surface area contributed by atoms with Crippen molar-refractivity contribution in [2.45, 2.75) is 31.2 Å². The molecule has 0 aliphatic rings. The second-order valence-corrected chi connectivity index (χ2v) is 6.95. The van der Waals surface area contributed by atoms with E-state index in [-0.39, 0.29) is 23.3 Å². The number of benzene rings is 1. The summed E-state index contributed by atoms with van der Waals surface area (Å²) in [5.41, 5.74) is 2.54. The molecule has 7 heteroatoms. The SMILES string of the molecule is Cc1ccc(CC(=O)NC(C)c2ccc(S(N)(=O)=O)cc2)cn1. The Bertz CT molecular complexity index is 784. The second-order valence-electron chi connectivity index (χ2n) is 5.39. The predicted molar refractivity (Wildman–Crippen MR) is 87.1 cm³/mol. The van der Waals surface area contributed by atoms with Gasteiger partial charge in [-0.2, -0.15) is 0 Å². The Balaban J connectivity index is 1.99. The summed E-state index contributed by atoms with van der Waals surface area (Å²) < 4.78 is 22.4. The van der Waals surface area contributed by atoms with Crippen molar-refractivity contribution in [1.82, 2.24) is 10.3 Å². The summed E-state index contributed by atoms with van der Waals surface area (Å²) in [5, 5.41) is 7.93. The van der Waals surface area contributed by atoms with Crippen molar-refractivity contribution in [3.63, 3.8) is 0 Å². The van der Waals surface area contributed by atoms with Gasteiger partial charge in [0, 0.05) is 11.9 Å². The quantitative estimate of drug-likeness (QED) is 0.864. The van der Waals surface area contributed by atoms with Gasteiger partial charge in [0.05, 0.1) is 17.4 Å². The number of hydrogen-bond donors (Lipinski definition) is 2. The fourth-order valence-electron chi connectivity index (χ4n) is 2.11. The number of aryl methyl sites for hydroxylation is 1. The smallest absolute Gasteiger partial charge is 0.238 e. The van der Waals surface area contributed by atoms with Crippen LogP contribution in [0.15, 0.2) is 47.5 Å². The van der Waals surface area contributed by atoms with Crippen LogP contribution >= 0.6 is 0 Å². The number of primary sulfonamides is 1. The third-order valence-corrected chi connectivity index (χ3v) is 4.35.